The first kappa shape index (κ1) is 21.4. The predicted octanol–water partition coefficient (Wildman–Crippen LogP) is 1.50. The maximum atomic E-state index is 11.8. The van der Waals surface area contributed by atoms with Gasteiger partial charge in [-0.05, 0) is 27.2 Å². The average Bonchev–Trinajstić information content (AvgIpc) is 2.86. The van der Waals surface area contributed by atoms with Crippen molar-refractivity contribution in [2.45, 2.75) is 46.6 Å². The monoisotopic (exact) mass is 463 g/mol. The first-order valence-corrected chi connectivity index (χ1v) is 8.29. The van der Waals surface area contributed by atoms with Crippen molar-refractivity contribution >= 4 is 41.8 Å². The van der Waals surface area contributed by atoms with Crippen molar-refractivity contribution in [3.8, 4) is 0 Å². The fourth-order valence-electron chi connectivity index (χ4n) is 2.43. The Morgan fingerprint density at radius 1 is 1.24 bits per heavy atom. The number of carbonyl (C=O) groups excluding carboxylic acids is 2. The van der Waals surface area contributed by atoms with Crippen molar-refractivity contribution in [2.24, 2.45) is 4.99 Å². The van der Waals surface area contributed by atoms with Gasteiger partial charge in [0.25, 0.3) is 0 Å². The number of oxazole rings is 1. The van der Waals surface area contributed by atoms with E-state index in [2.05, 4.69) is 20.6 Å². The molecule has 1 aromatic rings. The molecule has 0 aromatic carbocycles. The van der Waals surface area contributed by atoms with Crippen LogP contribution in [-0.4, -0.2) is 47.3 Å². The van der Waals surface area contributed by atoms with Crippen LogP contribution in [0, 0.1) is 13.8 Å². The minimum atomic E-state index is -0.0966. The highest BCUT2D eigenvalue weighted by Gasteiger charge is 2.25. The lowest BCUT2D eigenvalue weighted by atomic mass is 10.1. The molecule has 0 aliphatic carbocycles. The maximum Gasteiger partial charge on any atom is 0.229 e. The standard InChI is InChI=1S/C16H25N5O3.HI/c1-4-17-16(19-10-13-20-11(2)12(3)24-13)18-8-9-21-14(22)6-5-7-15(21)23;/h4-10H2,1-3H3,(H2,17,18,19);1H. The fraction of sp³-hybridized carbons (Fsp3) is 0.625. The Labute approximate surface area is 164 Å². The zero-order chi connectivity index (χ0) is 17.5. The number of halogens is 1. The van der Waals surface area contributed by atoms with E-state index in [-0.39, 0.29) is 35.8 Å². The summed E-state index contributed by atoms with van der Waals surface area (Å²) in [4.78, 5) is 33.5. The SMILES string of the molecule is CCNC(=NCc1nc(C)c(C)o1)NCCN1C(=O)CCCC1=O.I. The van der Waals surface area contributed by atoms with E-state index >= 15 is 0 Å². The van der Waals surface area contributed by atoms with E-state index in [9.17, 15) is 9.59 Å². The van der Waals surface area contributed by atoms with Gasteiger partial charge in [0.05, 0.1) is 5.69 Å². The number of likely N-dealkylation sites (tertiary alicyclic amines) is 1. The second-order valence-electron chi connectivity index (χ2n) is 5.66. The number of aromatic nitrogens is 1. The van der Waals surface area contributed by atoms with Crippen LogP contribution in [0.25, 0.3) is 0 Å². The molecule has 1 saturated heterocycles. The molecule has 0 radical (unpaired) electrons. The molecule has 0 spiro atoms. The van der Waals surface area contributed by atoms with Crippen LogP contribution in [0.5, 0.6) is 0 Å². The number of carbonyl (C=O) groups is 2. The summed E-state index contributed by atoms with van der Waals surface area (Å²) in [6.45, 7) is 7.55. The van der Waals surface area contributed by atoms with Crippen LogP contribution in [0.4, 0.5) is 0 Å². The molecule has 8 nitrogen and oxygen atoms in total. The van der Waals surface area contributed by atoms with Crippen LogP contribution >= 0.6 is 24.0 Å². The highest BCUT2D eigenvalue weighted by atomic mass is 127. The van der Waals surface area contributed by atoms with Gasteiger partial charge in [0.2, 0.25) is 17.7 Å². The molecule has 0 saturated carbocycles. The Bertz CT molecular complexity index is 594. The zero-order valence-electron chi connectivity index (χ0n) is 14.9. The number of guanidine groups is 1. The third-order valence-electron chi connectivity index (χ3n) is 3.80. The summed E-state index contributed by atoms with van der Waals surface area (Å²) in [6, 6.07) is 0. The van der Waals surface area contributed by atoms with E-state index in [4.69, 9.17) is 4.42 Å². The zero-order valence-corrected chi connectivity index (χ0v) is 17.3. The van der Waals surface area contributed by atoms with Gasteiger partial charge in [-0.25, -0.2) is 9.98 Å². The molecule has 1 aromatic heterocycles. The summed E-state index contributed by atoms with van der Waals surface area (Å²) in [5.41, 5.74) is 0.861. The lowest BCUT2D eigenvalue weighted by molar-refractivity contribution is -0.147. The third-order valence-corrected chi connectivity index (χ3v) is 3.80. The number of hydrogen-bond acceptors (Lipinski definition) is 5. The molecule has 2 amide bonds. The summed E-state index contributed by atoms with van der Waals surface area (Å²) in [5, 5.41) is 6.24. The number of aliphatic imine (C=N–C) groups is 1. The molecule has 0 atom stereocenters. The highest BCUT2D eigenvalue weighted by Crippen LogP contribution is 2.11. The number of amides is 2. The van der Waals surface area contributed by atoms with E-state index in [0.29, 0.717) is 57.3 Å². The molecule has 25 heavy (non-hydrogen) atoms. The molecule has 1 aliphatic heterocycles. The van der Waals surface area contributed by atoms with E-state index in [1.165, 1.54) is 4.90 Å². The molecule has 1 aliphatic rings. The van der Waals surface area contributed by atoms with Crippen molar-refractivity contribution in [1.82, 2.24) is 20.5 Å². The second-order valence-corrected chi connectivity index (χ2v) is 5.66. The number of hydrogen-bond donors (Lipinski definition) is 2. The van der Waals surface area contributed by atoms with Gasteiger partial charge in [-0.2, -0.15) is 0 Å². The average molecular weight is 463 g/mol. The van der Waals surface area contributed by atoms with Crippen LogP contribution in [-0.2, 0) is 16.1 Å². The summed E-state index contributed by atoms with van der Waals surface area (Å²) in [5.74, 6) is 1.76. The number of nitrogens with one attached hydrogen (secondary N) is 2. The first-order valence-electron chi connectivity index (χ1n) is 8.29. The number of imide groups is 1. The van der Waals surface area contributed by atoms with Crippen molar-refractivity contribution in [3.63, 3.8) is 0 Å². The lowest BCUT2D eigenvalue weighted by Gasteiger charge is -2.25. The summed E-state index contributed by atoms with van der Waals surface area (Å²) in [6.07, 6.45) is 1.55. The lowest BCUT2D eigenvalue weighted by Crippen LogP contribution is -2.46. The van der Waals surface area contributed by atoms with E-state index in [1.54, 1.807) is 0 Å². The molecule has 0 unspecified atom stereocenters. The molecule has 9 heteroatoms. The number of piperidine rings is 1. The number of aryl methyl sites for hydroxylation is 2. The fourth-order valence-corrected chi connectivity index (χ4v) is 2.43. The Balaban J connectivity index is 0.00000312. The Morgan fingerprint density at radius 2 is 1.92 bits per heavy atom. The van der Waals surface area contributed by atoms with Crippen molar-refractivity contribution in [2.75, 3.05) is 19.6 Å². The summed E-state index contributed by atoms with van der Waals surface area (Å²) < 4.78 is 5.50. The number of rotatable bonds is 6. The second kappa shape index (κ2) is 10.4. The van der Waals surface area contributed by atoms with Crippen molar-refractivity contribution < 1.29 is 14.0 Å². The minimum absolute atomic E-state index is 0. The van der Waals surface area contributed by atoms with Crippen LogP contribution in [0.2, 0.25) is 0 Å². The topological polar surface area (TPSA) is 99.8 Å². The molecule has 1 fully saturated rings. The van der Waals surface area contributed by atoms with Gasteiger partial charge in [0.15, 0.2) is 5.96 Å². The minimum Gasteiger partial charge on any atom is -0.444 e. The van der Waals surface area contributed by atoms with Gasteiger partial charge < -0.3 is 15.1 Å². The van der Waals surface area contributed by atoms with Crippen LogP contribution in [0.1, 0.15) is 43.5 Å². The first-order chi connectivity index (χ1) is 11.5. The number of nitrogens with zero attached hydrogens (tertiary/aromatic N) is 3. The third kappa shape index (κ3) is 6.29. The van der Waals surface area contributed by atoms with E-state index in [0.717, 1.165) is 11.5 Å². The molecular weight excluding hydrogens is 437 g/mol. The molecule has 2 rings (SSSR count). The molecular formula is C16H26IN5O3. The van der Waals surface area contributed by atoms with Gasteiger partial charge in [0.1, 0.15) is 12.3 Å². The smallest absolute Gasteiger partial charge is 0.229 e. The van der Waals surface area contributed by atoms with Crippen molar-refractivity contribution in [1.29, 1.82) is 0 Å². The Kier molecular flexibility index (Phi) is 8.87. The van der Waals surface area contributed by atoms with Crippen LogP contribution in [0.15, 0.2) is 9.41 Å². The largest absolute Gasteiger partial charge is 0.444 e. The van der Waals surface area contributed by atoms with Gasteiger partial charge in [-0.15, -0.1) is 24.0 Å². The van der Waals surface area contributed by atoms with Gasteiger partial charge in [-0.1, -0.05) is 0 Å². The molecule has 2 N–H and O–H groups in total. The van der Waals surface area contributed by atoms with Crippen LogP contribution < -0.4 is 10.6 Å². The molecule has 140 valence electrons. The van der Waals surface area contributed by atoms with Gasteiger partial charge in [-0.3, -0.25) is 14.5 Å². The normalized spacial score (nSPS) is 15.2. The predicted molar refractivity (Wildman–Crippen MR) is 105 cm³/mol. The summed E-state index contributed by atoms with van der Waals surface area (Å²) in [7, 11) is 0. The highest BCUT2D eigenvalue weighted by molar-refractivity contribution is 14.0. The van der Waals surface area contributed by atoms with E-state index in [1.807, 2.05) is 20.8 Å². The van der Waals surface area contributed by atoms with Crippen molar-refractivity contribution in [3.05, 3.63) is 17.3 Å². The Hall–Kier alpha value is -1.65. The van der Waals surface area contributed by atoms with Gasteiger partial charge >= 0.3 is 0 Å². The van der Waals surface area contributed by atoms with Crippen LogP contribution in [0.3, 0.4) is 0 Å². The summed E-state index contributed by atoms with van der Waals surface area (Å²) >= 11 is 0. The molecule has 2 heterocycles. The Morgan fingerprint density at radius 3 is 2.48 bits per heavy atom. The van der Waals surface area contributed by atoms with E-state index < -0.39 is 0 Å². The van der Waals surface area contributed by atoms with Gasteiger partial charge in [0, 0.05) is 32.5 Å². The molecule has 0 bridgehead atoms. The maximum absolute atomic E-state index is 11.8. The quantitative estimate of drug-likeness (QED) is 0.287.